The first-order chi connectivity index (χ1) is 11.1. The Hall–Kier alpha value is -2.54. The summed E-state index contributed by atoms with van der Waals surface area (Å²) < 4.78 is 17.4. The summed E-state index contributed by atoms with van der Waals surface area (Å²) in [6.45, 7) is 0.299. The van der Waals surface area contributed by atoms with Crippen molar-refractivity contribution in [2.75, 3.05) is 27.9 Å². The molecule has 124 valence electrons. The third-order valence-corrected chi connectivity index (χ3v) is 3.45. The molecule has 1 heterocycles. The predicted octanol–water partition coefficient (Wildman–Crippen LogP) is 1.55. The van der Waals surface area contributed by atoms with Crippen molar-refractivity contribution in [3.63, 3.8) is 0 Å². The number of methoxy groups -OCH3 is 3. The molecular weight excluding hydrogens is 298 g/mol. The standard InChI is InChI=1S/C16H21N3O4/c1-19-10-12(16(18-19)23-4)15(20)17-9-14(22-3)11-7-5-6-8-13(11)21-2/h5-8,10,14H,9H2,1-4H3,(H,17,20)/t14-/m0/s1. The molecule has 7 nitrogen and oxygen atoms in total. The molecule has 0 spiro atoms. The molecule has 0 radical (unpaired) electrons. The Morgan fingerprint density at radius 2 is 2.00 bits per heavy atom. The number of aromatic nitrogens is 2. The Bertz CT molecular complexity index is 669. The molecule has 2 aromatic rings. The lowest BCUT2D eigenvalue weighted by atomic mass is 10.1. The Kier molecular flexibility index (Phi) is 5.59. The van der Waals surface area contributed by atoms with Crippen LogP contribution in [0.1, 0.15) is 22.0 Å². The molecule has 1 aromatic heterocycles. The van der Waals surface area contributed by atoms with Gasteiger partial charge in [-0.15, -0.1) is 5.10 Å². The van der Waals surface area contributed by atoms with E-state index in [-0.39, 0.29) is 17.9 Å². The number of aryl methyl sites for hydroxylation is 1. The highest BCUT2D eigenvalue weighted by Gasteiger charge is 2.20. The number of carbonyl (C=O) groups excluding carboxylic acids is 1. The Labute approximate surface area is 135 Å². The first-order valence-corrected chi connectivity index (χ1v) is 7.12. The smallest absolute Gasteiger partial charge is 0.258 e. The lowest BCUT2D eigenvalue weighted by Gasteiger charge is -2.19. The quantitative estimate of drug-likeness (QED) is 0.838. The Morgan fingerprint density at radius 1 is 1.26 bits per heavy atom. The second-order valence-electron chi connectivity index (χ2n) is 4.90. The Balaban J connectivity index is 2.09. The maximum atomic E-state index is 12.3. The van der Waals surface area contributed by atoms with Gasteiger partial charge in [0.2, 0.25) is 5.88 Å². The van der Waals surface area contributed by atoms with E-state index in [1.165, 1.54) is 11.8 Å². The minimum Gasteiger partial charge on any atom is -0.496 e. The van der Waals surface area contributed by atoms with Crippen molar-refractivity contribution in [2.24, 2.45) is 7.05 Å². The van der Waals surface area contributed by atoms with Crippen LogP contribution in [0.4, 0.5) is 0 Å². The number of ether oxygens (including phenoxy) is 3. The van der Waals surface area contributed by atoms with E-state index in [4.69, 9.17) is 14.2 Å². The summed E-state index contributed by atoms with van der Waals surface area (Å²) in [6, 6.07) is 7.54. The molecule has 0 aliphatic heterocycles. The van der Waals surface area contributed by atoms with E-state index in [1.54, 1.807) is 27.5 Å². The summed E-state index contributed by atoms with van der Waals surface area (Å²) in [4.78, 5) is 12.3. The fraction of sp³-hybridized carbons (Fsp3) is 0.375. The lowest BCUT2D eigenvalue weighted by Crippen LogP contribution is -2.29. The van der Waals surface area contributed by atoms with Gasteiger partial charge in [0.15, 0.2) is 0 Å². The van der Waals surface area contributed by atoms with Gasteiger partial charge in [0.1, 0.15) is 17.4 Å². The molecule has 0 saturated carbocycles. The maximum absolute atomic E-state index is 12.3. The monoisotopic (exact) mass is 319 g/mol. The number of nitrogens with zero attached hydrogens (tertiary/aromatic N) is 2. The Morgan fingerprint density at radius 3 is 2.65 bits per heavy atom. The summed E-state index contributed by atoms with van der Waals surface area (Å²) >= 11 is 0. The van der Waals surface area contributed by atoms with Crippen LogP contribution in [0, 0.1) is 0 Å². The molecule has 0 aliphatic carbocycles. The molecule has 23 heavy (non-hydrogen) atoms. The van der Waals surface area contributed by atoms with Crippen LogP contribution in [-0.2, 0) is 11.8 Å². The second kappa shape index (κ2) is 7.64. The summed E-state index contributed by atoms with van der Waals surface area (Å²) in [5, 5.41) is 6.90. The lowest BCUT2D eigenvalue weighted by molar-refractivity contribution is 0.0817. The van der Waals surface area contributed by atoms with Gasteiger partial charge in [-0.1, -0.05) is 18.2 Å². The third kappa shape index (κ3) is 3.81. The number of hydrogen-bond acceptors (Lipinski definition) is 5. The summed E-state index contributed by atoms with van der Waals surface area (Å²) in [5.74, 6) is 0.732. The number of benzene rings is 1. The van der Waals surface area contributed by atoms with E-state index in [9.17, 15) is 4.79 Å². The van der Waals surface area contributed by atoms with Gasteiger partial charge in [0.25, 0.3) is 5.91 Å². The van der Waals surface area contributed by atoms with Gasteiger partial charge in [0, 0.05) is 32.5 Å². The molecule has 1 N–H and O–H groups in total. The van der Waals surface area contributed by atoms with Crippen molar-refractivity contribution in [3.8, 4) is 11.6 Å². The van der Waals surface area contributed by atoms with Gasteiger partial charge in [-0.3, -0.25) is 9.48 Å². The topological polar surface area (TPSA) is 74.6 Å². The zero-order chi connectivity index (χ0) is 16.8. The average Bonchev–Trinajstić information content (AvgIpc) is 2.96. The molecule has 0 bridgehead atoms. The molecule has 1 amide bonds. The average molecular weight is 319 g/mol. The normalized spacial score (nSPS) is 11.8. The molecule has 0 fully saturated rings. The van der Waals surface area contributed by atoms with Gasteiger partial charge in [-0.2, -0.15) is 0 Å². The van der Waals surface area contributed by atoms with Crippen molar-refractivity contribution in [2.45, 2.75) is 6.10 Å². The van der Waals surface area contributed by atoms with Crippen molar-refractivity contribution in [1.29, 1.82) is 0 Å². The molecule has 2 rings (SSSR count). The molecule has 1 aromatic carbocycles. The minimum atomic E-state index is -0.322. The van der Waals surface area contributed by atoms with E-state index >= 15 is 0 Å². The van der Waals surface area contributed by atoms with Gasteiger partial charge >= 0.3 is 0 Å². The van der Waals surface area contributed by atoms with Crippen LogP contribution in [0.25, 0.3) is 0 Å². The summed E-state index contributed by atoms with van der Waals surface area (Å²) in [5.41, 5.74) is 1.25. The summed E-state index contributed by atoms with van der Waals surface area (Å²) in [7, 11) is 6.40. The highest BCUT2D eigenvalue weighted by Crippen LogP contribution is 2.26. The minimum absolute atomic E-state index is 0.271. The van der Waals surface area contributed by atoms with Crippen LogP contribution in [0.5, 0.6) is 11.6 Å². The number of hydrogen-bond donors (Lipinski definition) is 1. The highest BCUT2D eigenvalue weighted by atomic mass is 16.5. The fourth-order valence-electron chi connectivity index (χ4n) is 2.31. The van der Waals surface area contributed by atoms with Gasteiger partial charge < -0.3 is 19.5 Å². The molecule has 0 unspecified atom stereocenters. The second-order valence-corrected chi connectivity index (χ2v) is 4.90. The van der Waals surface area contributed by atoms with Gasteiger partial charge in [-0.25, -0.2) is 0 Å². The summed E-state index contributed by atoms with van der Waals surface area (Å²) in [6.07, 6.45) is 1.29. The fourth-order valence-corrected chi connectivity index (χ4v) is 2.31. The zero-order valence-corrected chi connectivity index (χ0v) is 13.7. The molecule has 0 aliphatic rings. The van der Waals surface area contributed by atoms with Gasteiger partial charge in [0.05, 0.1) is 14.2 Å². The van der Waals surface area contributed by atoms with E-state index in [2.05, 4.69) is 10.4 Å². The number of amides is 1. The third-order valence-electron chi connectivity index (χ3n) is 3.45. The maximum Gasteiger partial charge on any atom is 0.258 e. The van der Waals surface area contributed by atoms with Crippen LogP contribution in [0.3, 0.4) is 0 Å². The van der Waals surface area contributed by atoms with Crippen molar-refractivity contribution >= 4 is 5.91 Å². The molecule has 7 heteroatoms. The van der Waals surface area contributed by atoms with Crippen LogP contribution in [0.15, 0.2) is 30.5 Å². The number of nitrogens with one attached hydrogen (secondary N) is 1. The van der Waals surface area contributed by atoms with Crippen molar-refractivity contribution in [1.82, 2.24) is 15.1 Å². The van der Waals surface area contributed by atoms with Gasteiger partial charge in [-0.05, 0) is 6.07 Å². The molecular formula is C16H21N3O4. The van der Waals surface area contributed by atoms with E-state index in [0.29, 0.717) is 17.9 Å². The SMILES string of the molecule is COc1ccccc1[C@H](CNC(=O)c1cn(C)nc1OC)OC. The van der Waals surface area contributed by atoms with Crippen molar-refractivity contribution < 1.29 is 19.0 Å². The largest absolute Gasteiger partial charge is 0.496 e. The highest BCUT2D eigenvalue weighted by molar-refractivity contribution is 5.96. The first kappa shape index (κ1) is 16.8. The molecule has 0 saturated heterocycles. The molecule has 1 atom stereocenters. The van der Waals surface area contributed by atoms with E-state index in [1.807, 2.05) is 24.3 Å². The van der Waals surface area contributed by atoms with Crippen molar-refractivity contribution in [3.05, 3.63) is 41.6 Å². The number of carbonyl (C=O) groups is 1. The number of para-hydroxylation sites is 1. The first-order valence-electron chi connectivity index (χ1n) is 7.12. The van der Waals surface area contributed by atoms with Crippen LogP contribution >= 0.6 is 0 Å². The van der Waals surface area contributed by atoms with Crippen LogP contribution in [0.2, 0.25) is 0 Å². The van der Waals surface area contributed by atoms with E-state index in [0.717, 1.165) is 5.56 Å². The predicted molar refractivity (Wildman–Crippen MR) is 84.8 cm³/mol. The van der Waals surface area contributed by atoms with Crippen LogP contribution in [-0.4, -0.2) is 43.6 Å². The number of rotatable bonds is 7. The van der Waals surface area contributed by atoms with Crippen LogP contribution < -0.4 is 14.8 Å². The zero-order valence-electron chi connectivity index (χ0n) is 13.7. The van der Waals surface area contributed by atoms with E-state index < -0.39 is 0 Å².